The molecule has 8 aliphatic rings. The molecule has 0 aromatic carbocycles. The molecule has 74 heavy (non-hydrogen) atoms. The topological polar surface area (TPSA) is 0 Å². The summed E-state index contributed by atoms with van der Waals surface area (Å²) in [6.07, 6.45) is 69.7. The monoisotopic (exact) mass is 1050 g/mol. The molecule has 0 bridgehead atoms. The van der Waals surface area contributed by atoms with Crippen LogP contribution in [-0.2, 0) is 0 Å². The molecule has 0 aliphatic heterocycles. The van der Waals surface area contributed by atoms with E-state index in [1.807, 2.05) is 27.7 Å². The summed E-state index contributed by atoms with van der Waals surface area (Å²) >= 11 is 0. The van der Waals surface area contributed by atoms with Crippen LogP contribution in [0.25, 0.3) is 0 Å². The van der Waals surface area contributed by atoms with E-state index in [2.05, 4.69) is 83.1 Å². The van der Waals surface area contributed by atoms with Crippen molar-refractivity contribution in [3.63, 3.8) is 0 Å². The van der Waals surface area contributed by atoms with Crippen LogP contribution in [-0.4, -0.2) is 0 Å². The van der Waals surface area contributed by atoms with Crippen molar-refractivity contribution in [2.45, 2.75) is 427 Å². The van der Waals surface area contributed by atoms with Crippen LogP contribution in [0.2, 0.25) is 0 Å². The Morgan fingerprint density at radius 2 is 0.324 bits per heavy atom. The van der Waals surface area contributed by atoms with Crippen LogP contribution in [0.4, 0.5) is 0 Å². The molecule has 0 aromatic heterocycles. The molecule has 0 radical (unpaired) electrons. The number of hydrogen-bond acceptors (Lipinski definition) is 0. The van der Waals surface area contributed by atoms with E-state index in [-0.39, 0.29) is 14.9 Å². The first-order valence-corrected chi connectivity index (χ1v) is 34.7. The highest BCUT2D eigenvalue weighted by atomic mass is 14.2. The third-order valence-corrected chi connectivity index (χ3v) is 16.8. The van der Waals surface area contributed by atoms with E-state index in [4.69, 9.17) is 0 Å². The molecular weight excluding hydrogens is 889 g/mol. The van der Waals surface area contributed by atoms with E-state index in [9.17, 15) is 0 Å². The third-order valence-electron chi connectivity index (χ3n) is 16.8. The Morgan fingerprint density at radius 1 is 0.216 bits per heavy atom. The first kappa shape index (κ1) is 82.8. The third kappa shape index (κ3) is 76.2. The van der Waals surface area contributed by atoms with Crippen LogP contribution in [0, 0.1) is 52.8 Å². The Kier molecular flexibility index (Phi) is 71.4. The Balaban J connectivity index is -0.000000242. The Morgan fingerprint density at radius 3 is 0.473 bits per heavy atom. The van der Waals surface area contributed by atoms with Gasteiger partial charge in [0.25, 0.3) is 0 Å². The fourth-order valence-corrected chi connectivity index (χ4v) is 10.6. The lowest BCUT2D eigenvalue weighted by atomic mass is 9.86. The summed E-state index contributed by atoms with van der Waals surface area (Å²) in [7, 11) is 0. The lowest BCUT2D eigenvalue weighted by molar-refractivity contribution is 0.329. The lowest BCUT2D eigenvalue weighted by Crippen LogP contribution is -2.06. The van der Waals surface area contributed by atoms with Gasteiger partial charge in [0.05, 0.1) is 0 Å². The summed E-state index contributed by atoms with van der Waals surface area (Å²) in [5.41, 5.74) is 0.542. The van der Waals surface area contributed by atoms with Crippen molar-refractivity contribution in [2.24, 2.45) is 52.8 Å². The van der Waals surface area contributed by atoms with E-state index in [0.29, 0.717) is 5.41 Å². The first-order chi connectivity index (χ1) is 34.7. The second-order valence-corrected chi connectivity index (χ2v) is 27.0. The molecule has 0 saturated heterocycles. The molecule has 0 amide bonds. The van der Waals surface area contributed by atoms with Crippen molar-refractivity contribution in [2.75, 3.05) is 0 Å². The number of hydrogen-bond donors (Lipinski definition) is 0. The Labute approximate surface area is 477 Å². The second kappa shape index (κ2) is 63.8. The van der Waals surface area contributed by atoms with Crippen LogP contribution in [0.5, 0.6) is 0 Å². The van der Waals surface area contributed by atoms with Gasteiger partial charge in [0.2, 0.25) is 0 Å². The molecule has 0 aromatic rings. The average Bonchev–Trinajstić information content (AvgIpc) is 4.22. The average molecular weight is 1050 g/mol. The molecule has 8 fully saturated rings. The molecule has 454 valence electrons. The number of rotatable bonds is 0. The molecule has 0 heterocycles. The molecule has 8 aliphatic carbocycles. The maximum absolute atomic E-state index is 2.40. The summed E-state index contributed by atoms with van der Waals surface area (Å²) < 4.78 is 0. The molecule has 8 saturated carbocycles. The molecule has 0 N–H and O–H groups in total. The minimum atomic E-state index is 0. The van der Waals surface area contributed by atoms with Crippen molar-refractivity contribution in [3.8, 4) is 0 Å². The van der Waals surface area contributed by atoms with E-state index >= 15 is 0 Å². The quantitative estimate of drug-likeness (QED) is 0.227. The standard InChI is InChI=1S/2C10H20.4C9H18.C6H14.2C3H6.2C2H6.2CH4/c1-9-5-3-7-10(2)8-4-6-9;1-9-6-4-3-5-7-10(2)8-9;4*1-9-7-5-3-2-4-6-8-9;1-5-6(2,3)4;2*1-2-3-1;2*1-2;;/h2*9-10H,3-8H2,1-2H3;4*9H,2-8H2,1H3;5H2,1-4H3;2*1-3H2;2*1-2H3;2*1H4. The van der Waals surface area contributed by atoms with Gasteiger partial charge in [-0.25, -0.2) is 0 Å². The molecule has 8 rings (SSSR count). The highest BCUT2D eigenvalue weighted by Gasteiger charge is 2.13. The molecular formula is C74H158. The van der Waals surface area contributed by atoms with Gasteiger partial charge < -0.3 is 0 Å². The van der Waals surface area contributed by atoms with Gasteiger partial charge in [-0.05, 0) is 59.2 Å². The Bertz CT molecular complexity index is 798. The fraction of sp³-hybridized carbons (Fsp3) is 1.00. The highest BCUT2D eigenvalue weighted by molar-refractivity contribution is 4.66. The summed E-state index contributed by atoms with van der Waals surface area (Å²) in [6, 6.07) is 0. The van der Waals surface area contributed by atoms with E-state index in [1.165, 1.54) is 302 Å². The van der Waals surface area contributed by atoms with E-state index < -0.39 is 0 Å². The van der Waals surface area contributed by atoms with Gasteiger partial charge in [0.1, 0.15) is 0 Å². The van der Waals surface area contributed by atoms with Gasteiger partial charge in [-0.15, -0.1) is 0 Å². The van der Waals surface area contributed by atoms with Gasteiger partial charge in [-0.3, -0.25) is 0 Å². The van der Waals surface area contributed by atoms with E-state index in [0.717, 1.165) is 47.3 Å². The summed E-state index contributed by atoms with van der Waals surface area (Å²) in [5.74, 6) is 8.08. The summed E-state index contributed by atoms with van der Waals surface area (Å²) in [4.78, 5) is 0. The Hall–Kier alpha value is 0. The molecule has 0 spiro atoms. The summed E-state index contributed by atoms with van der Waals surface area (Å²) in [6.45, 7) is 36.1. The predicted molar refractivity (Wildman–Crippen MR) is 352 cm³/mol. The molecule has 2 unspecified atom stereocenters. The SMILES string of the molecule is C.C.C1CC1.C1CC1.CC.CC.CC1CCCC(C)CCC1.CC1CCCCCC(C)C1.CC1CCCCCCC1.CC1CCCCCCC1.CC1CCCCCCC1.CC1CCCCCCC1.CCC(C)(C)C. The van der Waals surface area contributed by atoms with Crippen LogP contribution < -0.4 is 0 Å². The van der Waals surface area contributed by atoms with E-state index in [1.54, 1.807) is 0 Å². The van der Waals surface area contributed by atoms with Crippen molar-refractivity contribution in [1.82, 2.24) is 0 Å². The van der Waals surface area contributed by atoms with Crippen molar-refractivity contribution in [1.29, 1.82) is 0 Å². The minimum absolute atomic E-state index is 0. The van der Waals surface area contributed by atoms with Crippen molar-refractivity contribution in [3.05, 3.63) is 0 Å². The predicted octanol–water partition coefficient (Wildman–Crippen LogP) is 28.8. The smallest absolute Gasteiger partial charge is 0.0385 e. The minimum Gasteiger partial charge on any atom is -0.0776 e. The van der Waals surface area contributed by atoms with Crippen LogP contribution in [0.15, 0.2) is 0 Å². The van der Waals surface area contributed by atoms with Crippen LogP contribution in [0.3, 0.4) is 0 Å². The molecule has 2 atom stereocenters. The normalized spacial score (nSPS) is 25.1. The molecule has 0 nitrogen and oxygen atoms in total. The molecule has 0 heteroatoms. The van der Waals surface area contributed by atoms with Crippen molar-refractivity contribution >= 4 is 0 Å². The summed E-state index contributed by atoms with van der Waals surface area (Å²) in [5, 5.41) is 0. The fourth-order valence-electron chi connectivity index (χ4n) is 10.6. The highest BCUT2D eigenvalue weighted by Crippen LogP contribution is 2.28. The van der Waals surface area contributed by atoms with Gasteiger partial charge in [-0.1, -0.05) is 421 Å². The van der Waals surface area contributed by atoms with Gasteiger partial charge in [-0.2, -0.15) is 0 Å². The largest absolute Gasteiger partial charge is 0.0776 e. The van der Waals surface area contributed by atoms with Gasteiger partial charge >= 0.3 is 0 Å². The lowest BCUT2D eigenvalue weighted by Gasteiger charge is -2.20. The zero-order chi connectivity index (χ0) is 54.4. The maximum Gasteiger partial charge on any atom is -0.0385 e. The van der Waals surface area contributed by atoms with Crippen molar-refractivity contribution < 1.29 is 0 Å². The van der Waals surface area contributed by atoms with Gasteiger partial charge in [0, 0.05) is 0 Å². The first-order valence-electron chi connectivity index (χ1n) is 34.7. The van der Waals surface area contributed by atoms with Gasteiger partial charge in [0.15, 0.2) is 0 Å². The maximum atomic E-state index is 2.40. The van der Waals surface area contributed by atoms with Crippen LogP contribution in [0.1, 0.15) is 427 Å². The zero-order valence-corrected chi connectivity index (χ0v) is 54.4. The van der Waals surface area contributed by atoms with Crippen LogP contribution >= 0.6 is 0 Å². The zero-order valence-electron chi connectivity index (χ0n) is 54.4. The second-order valence-electron chi connectivity index (χ2n) is 27.0.